The Bertz CT molecular complexity index is 366. The number of urea groups is 1. The number of hydrogen-bond acceptors (Lipinski definition) is 3. The largest absolute Gasteiger partial charge is 0.393 e. The van der Waals surface area contributed by atoms with Gasteiger partial charge in [-0.1, -0.05) is 6.42 Å². The highest BCUT2D eigenvalue weighted by Gasteiger charge is 2.20. The van der Waals surface area contributed by atoms with Crippen molar-refractivity contribution in [3.63, 3.8) is 0 Å². The quantitative estimate of drug-likeness (QED) is 0.637. The van der Waals surface area contributed by atoms with Gasteiger partial charge in [0.1, 0.15) is 0 Å². The number of aromatic nitrogens is 2. The van der Waals surface area contributed by atoms with E-state index >= 15 is 0 Å². The van der Waals surface area contributed by atoms with E-state index in [1.807, 2.05) is 6.07 Å². The molecule has 6 nitrogen and oxygen atoms in total. The molecule has 2 amide bonds. The first-order valence-corrected chi connectivity index (χ1v) is 6.42. The van der Waals surface area contributed by atoms with Crippen LogP contribution >= 0.6 is 0 Å². The first kappa shape index (κ1) is 12.9. The molecule has 1 saturated carbocycles. The maximum absolute atomic E-state index is 11.5. The van der Waals surface area contributed by atoms with Crippen LogP contribution in [-0.2, 0) is 6.54 Å². The number of H-pyrrole nitrogens is 1. The van der Waals surface area contributed by atoms with E-state index in [2.05, 4.69) is 20.8 Å². The van der Waals surface area contributed by atoms with E-state index in [1.54, 1.807) is 6.20 Å². The fourth-order valence-corrected chi connectivity index (χ4v) is 2.31. The van der Waals surface area contributed by atoms with Gasteiger partial charge < -0.3 is 15.7 Å². The number of nitrogens with one attached hydrogen (secondary N) is 3. The van der Waals surface area contributed by atoms with E-state index in [-0.39, 0.29) is 12.1 Å². The number of aliphatic hydroxyl groups excluding tert-OH is 1. The van der Waals surface area contributed by atoms with Crippen LogP contribution < -0.4 is 10.6 Å². The van der Waals surface area contributed by atoms with Crippen molar-refractivity contribution in [2.75, 3.05) is 6.54 Å². The first-order chi connectivity index (χ1) is 8.74. The second-order valence-corrected chi connectivity index (χ2v) is 4.83. The fraction of sp³-hybridized carbons (Fsp3) is 0.667. The molecule has 2 rings (SSSR count). The van der Waals surface area contributed by atoms with Crippen molar-refractivity contribution in [3.8, 4) is 0 Å². The highest BCUT2D eigenvalue weighted by molar-refractivity contribution is 5.73. The Labute approximate surface area is 106 Å². The number of nitrogens with zero attached hydrogens (tertiary/aromatic N) is 1. The molecule has 0 bridgehead atoms. The average Bonchev–Trinajstić information content (AvgIpc) is 2.87. The number of hydrogen-bond donors (Lipinski definition) is 4. The predicted molar refractivity (Wildman–Crippen MR) is 66.8 cm³/mol. The molecule has 1 aliphatic carbocycles. The van der Waals surface area contributed by atoms with Crippen molar-refractivity contribution >= 4 is 6.03 Å². The van der Waals surface area contributed by atoms with Gasteiger partial charge in [-0.25, -0.2) is 4.79 Å². The van der Waals surface area contributed by atoms with Gasteiger partial charge >= 0.3 is 6.03 Å². The maximum Gasteiger partial charge on any atom is 0.315 e. The third-order valence-electron chi connectivity index (χ3n) is 3.30. The standard InChI is InChI=1S/C12H20N4O2/c17-11-3-1-2-9(6-11)7-13-12(18)14-8-10-4-5-15-16-10/h4-5,9,11,17H,1-3,6-8H2,(H,15,16)(H2,13,14,18). The zero-order valence-electron chi connectivity index (χ0n) is 10.4. The lowest BCUT2D eigenvalue weighted by Crippen LogP contribution is -2.39. The summed E-state index contributed by atoms with van der Waals surface area (Å²) >= 11 is 0. The molecule has 1 heterocycles. The van der Waals surface area contributed by atoms with Crippen LogP contribution in [0, 0.1) is 5.92 Å². The van der Waals surface area contributed by atoms with Crippen LogP contribution in [0.1, 0.15) is 31.4 Å². The number of rotatable bonds is 4. The summed E-state index contributed by atoms with van der Waals surface area (Å²) in [5.74, 6) is 0.395. The molecule has 0 aromatic carbocycles. The summed E-state index contributed by atoms with van der Waals surface area (Å²) in [6.07, 6.45) is 5.27. The SMILES string of the molecule is O=C(NCc1ccn[nH]1)NCC1CCCC(O)C1. The summed E-state index contributed by atoms with van der Waals surface area (Å²) in [7, 11) is 0. The molecular formula is C12H20N4O2. The molecule has 0 aliphatic heterocycles. The van der Waals surface area contributed by atoms with Crippen LogP contribution in [0.15, 0.2) is 12.3 Å². The summed E-state index contributed by atoms with van der Waals surface area (Å²) in [4.78, 5) is 11.5. The molecule has 6 heteroatoms. The van der Waals surface area contributed by atoms with E-state index in [0.29, 0.717) is 19.0 Å². The Kier molecular flexibility index (Phi) is 4.58. The number of carbonyl (C=O) groups excluding carboxylic acids is 1. The lowest BCUT2D eigenvalue weighted by molar-refractivity contribution is 0.101. The molecular weight excluding hydrogens is 232 g/mol. The zero-order valence-corrected chi connectivity index (χ0v) is 10.4. The lowest BCUT2D eigenvalue weighted by Gasteiger charge is -2.25. The topological polar surface area (TPSA) is 90.0 Å². The molecule has 18 heavy (non-hydrogen) atoms. The van der Waals surface area contributed by atoms with Crippen LogP contribution in [0.3, 0.4) is 0 Å². The third kappa shape index (κ3) is 4.03. The normalized spacial score (nSPS) is 23.6. The van der Waals surface area contributed by atoms with Crippen LogP contribution in [0.5, 0.6) is 0 Å². The number of aromatic amines is 1. The van der Waals surface area contributed by atoms with E-state index in [0.717, 1.165) is 31.4 Å². The summed E-state index contributed by atoms with van der Waals surface area (Å²) in [5, 5.41) is 21.7. The van der Waals surface area contributed by atoms with Gasteiger partial charge in [0.2, 0.25) is 0 Å². The number of aliphatic hydroxyl groups is 1. The summed E-state index contributed by atoms with van der Waals surface area (Å²) in [6.45, 7) is 1.07. The Balaban J connectivity index is 1.62. The summed E-state index contributed by atoms with van der Waals surface area (Å²) in [6, 6.07) is 1.64. The lowest BCUT2D eigenvalue weighted by atomic mass is 9.87. The Morgan fingerprint density at radius 2 is 2.39 bits per heavy atom. The molecule has 2 atom stereocenters. The van der Waals surface area contributed by atoms with Crippen LogP contribution in [0.4, 0.5) is 4.79 Å². The Hall–Kier alpha value is -1.56. The smallest absolute Gasteiger partial charge is 0.315 e. The monoisotopic (exact) mass is 252 g/mol. The minimum atomic E-state index is -0.196. The van der Waals surface area contributed by atoms with Crippen molar-refractivity contribution in [2.45, 2.75) is 38.3 Å². The highest BCUT2D eigenvalue weighted by atomic mass is 16.3. The van der Waals surface area contributed by atoms with Crippen LogP contribution in [-0.4, -0.2) is 34.0 Å². The van der Waals surface area contributed by atoms with Crippen LogP contribution in [0.25, 0.3) is 0 Å². The van der Waals surface area contributed by atoms with Crippen molar-refractivity contribution in [3.05, 3.63) is 18.0 Å². The van der Waals surface area contributed by atoms with Crippen molar-refractivity contribution in [2.24, 2.45) is 5.92 Å². The molecule has 0 saturated heterocycles. The molecule has 1 fully saturated rings. The Morgan fingerprint density at radius 3 is 3.11 bits per heavy atom. The fourth-order valence-electron chi connectivity index (χ4n) is 2.31. The third-order valence-corrected chi connectivity index (χ3v) is 3.30. The predicted octanol–water partition coefficient (Wildman–Crippen LogP) is 0.760. The highest BCUT2D eigenvalue weighted by Crippen LogP contribution is 2.23. The van der Waals surface area contributed by atoms with E-state index in [9.17, 15) is 9.90 Å². The van der Waals surface area contributed by atoms with E-state index < -0.39 is 0 Å². The first-order valence-electron chi connectivity index (χ1n) is 6.42. The van der Waals surface area contributed by atoms with Gasteiger partial charge in [-0.2, -0.15) is 5.10 Å². The minimum Gasteiger partial charge on any atom is -0.393 e. The number of carbonyl (C=O) groups is 1. The van der Waals surface area contributed by atoms with E-state index in [1.165, 1.54) is 0 Å². The molecule has 1 aliphatic rings. The molecule has 1 aromatic rings. The summed E-state index contributed by atoms with van der Waals surface area (Å²) < 4.78 is 0. The number of amides is 2. The van der Waals surface area contributed by atoms with Gasteiger partial charge in [-0.05, 0) is 31.2 Å². The van der Waals surface area contributed by atoms with Crippen molar-refractivity contribution < 1.29 is 9.90 Å². The van der Waals surface area contributed by atoms with E-state index in [4.69, 9.17) is 0 Å². The van der Waals surface area contributed by atoms with Gasteiger partial charge in [0.05, 0.1) is 18.3 Å². The van der Waals surface area contributed by atoms with Crippen LogP contribution in [0.2, 0.25) is 0 Å². The van der Waals surface area contributed by atoms with Gasteiger partial charge in [0, 0.05) is 12.7 Å². The molecule has 0 radical (unpaired) electrons. The molecule has 4 N–H and O–H groups in total. The maximum atomic E-state index is 11.5. The van der Waals surface area contributed by atoms with Gasteiger partial charge in [-0.3, -0.25) is 5.10 Å². The van der Waals surface area contributed by atoms with Crippen molar-refractivity contribution in [1.29, 1.82) is 0 Å². The van der Waals surface area contributed by atoms with Gasteiger partial charge in [-0.15, -0.1) is 0 Å². The van der Waals surface area contributed by atoms with Gasteiger partial charge in [0.25, 0.3) is 0 Å². The zero-order chi connectivity index (χ0) is 12.8. The molecule has 0 spiro atoms. The van der Waals surface area contributed by atoms with Gasteiger partial charge in [0.15, 0.2) is 0 Å². The average molecular weight is 252 g/mol. The summed E-state index contributed by atoms with van der Waals surface area (Å²) in [5.41, 5.74) is 0.873. The minimum absolute atomic E-state index is 0.176. The second kappa shape index (κ2) is 6.39. The molecule has 100 valence electrons. The molecule has 2 unspecified atom stereocenters. The second-order valence-electron chi connectivity index (χ2n) is 4.83. The Morgan fingerprint density at radius 1 is 1.50 bits per heavy atom. The molecule has 1 aromatic heterocycles. The van der Waals surface area contributed by atoms with Crippen molar-refractivity contribution in [1.82, 2.24) is 20.8 Å².